The topological polar surface area (TPSA) is 63.4 Å². The summed E-state index contributed by atoms with van der Waals surface area (Å²) >= 11 is 4.95. The second-order valence-corrected chi connectivity index (χ2v) is 6.38. The lowest BCUT2D eigenvalue weighted by molar-refractivity contribution is -0.134. The minimum absolute atomic E-state index is 0.0649. The zero-order valence-corrected chi connectivity index (χ0v) is 12.3. The standard InChI is InChI=1S/C12H15BrN2O2S/c13-9-5-10(18-7-9)6-11(16)15-3-1-8(2-4-15)12(14)17/h5,7-8H,1-4,6H2,(H2,14,17). The van der Waals surface area contributed by atoms with Gasteiger partial charge in [-0.2, -0.15) is 0 Å². The molecule has 2 heterocycles. The third kappa shape index (κ3) is 3.32. The lowest BCUT2D eigenvalue weighted by Crippen LogP contribution is -2.42. The second kappa shape index (κ2) is 5.84. The number of carbonyl (C=O) groups excluding carboxylic acids is 2. The Bertz CT molecular complexity index is 453. The van der Waals surface area contributed by atoms with Gasteiger partial charge in [-0.05, 0) is 34.8 Å². The third-order valence-electron chi connectivity index (χ3n) is 3.20. The minimum Gasteiger partial charge on any atom is -0.369 e. The van der Waals surface area contributed by atoms with Crippen LogP contribution in [0.25, 0.3) is 0 Å². The van der Waals surface area contributed by atoms with Crippen molar-refractivity contribution >= 4 is 39.1 Å². The number of nitrogens with zero attached hydrogens (tertiary/aromatic N) is 1. The van der Waals surface area contributed by atoms with Crippen LogP contribution in [0.4, 0.5) is 0 Å². The maximum absolute atomic E-state index is 12.1. The molecule has 0 saturated carbocycles. The van der Waals surface area contributed by atoms with Gasteiger partial charge in [0.2, 0.25) is 11.8 Å². The minimum atomic E-state index is -0.246. The van der Waals surface area contributed by atoms with Crippen LogP contribution in [0.2, 0.25) is 0 Å². The fraction of sp³-hybridized carbons (Fsp3) is 0.500. The van der Waals surface area contributed by atoms with Gasteiger partial charge >= 0.3 is 0 Å². The quantitative estimate of drug-likeness (QED) is 0.918. The molecule has 6 heteroatoms. The van der Waals surface area contributed by atoms with Gasteiger partial charge in [0.15, 0.2) is 0 Å². The SMILES string of the molecule is NC(=O)C1CCN(C(=O)Cc2cc(Br)cs2)CC1. The van der Waals surface area contributed by atoms with Crippen LogP contribution in [-0.2, 0) is 16.0 Å². The Morgan fingerprint density at radius 2 is 2.11 bits per heavy atom. The highest BCUT2D eigenvalue weighted by atomic mass is 79.9. The Balaban J connectivity index is 1.86. The summed E-state index contributed by atoms with van der Waals surface area (Å²) in [4.78, 5) is 26.0. The molecule has 0 aliphatic carbocycles. The van der Waals surface area contributed by atoms with Crippen LogP contribution in [-0.4, -0.2) is 29.8 Å². The molecule has 0 unspecified atom stereocenters. The Morgan fingerprint density at radius 3 is 2.61 bits per heavy atom. The van der Waals surface area contributed by atoms with Gasteiger partial charge in [0.1, 0.15) is 0 Å². The van der Waals surface area contributed by atoms with E-state index in [4.69, 9.17) is 5.73 Å². The van der Waals surface area contributed by atoms with E-state index >= 15 is 0 Å². The fourth-order valence-corrected chi connectivity index (χ4v) is 3.56. The van der Waals surface area contributed by atoms with Crippen LogP contribution >= 0.6 is 27.3 Å². The van der Waals surface area contributed by atoms with Gasteiger partial charge in [-0.15, -0.1) is 11.3 Å². The lowest BCUT2D eigenvalue weighted by Gasteiger charge is -2.30. The predicted molar refractivity (Wildman–Crippen MR) is 74.2 cm³/mol. The third-order valence-corrected chi connectivity index (χ3v) is 4.89. The van der Waals surface area contributed by atoms with E-state index in [1.54, 1.807) is 11.3 Å². The molecule has 0 aromatic carbocycles. The number of carbonyl (C=O) groups is 2. The first kappa shape index (κ1) is 13.5. The summed E-state index contributed by atoms with van der Waals surface area (Å²) in [7, 11) is 0. The van der Waals surface area contributed by atoms with Crippen LogP contribution in [0.5, 0.6) is 0 Å². The summed E-state index contributed by atoms with van der Waals surface area (Å²) in [6.45, 7) is 1.28. The van der Waals surface area contributed by atoms with E-state index in [-0.39, 0.29) is 17.7 Å². The molecule has 1 aromatic rings. The van der Waals surface area contributed by atoms with Gasteiger partial charge in [-0.1, -0.05) is 0 Å². The molecule has 0 radical (unpaired) electrons. The molecule has 1 aromatic heterocycles. The fourth-order valence-electron chi connectivity index (χ4n) is 2.12. The van der Waals surface area contributed by atoms with Crippen molar-refractivity contribution in [3.05, 3.63) is 20.8 Å². The number of rotatable bonds is 3. The van der Waals surface area contributed by atoms with E-state index in [0.717, 1.165) is 9.35 Å². The van der Waals surface area contributed by atoms with E-state index in [9.17, 15) is 9.59 Å². The monoisotopic (exact) mass is 330 g/mol. The molecule has 2 N–H and O–H groups in total. The van der Waals surface area contributed by atoms with Crippen molar-refractivity contribution in [1.82, 2.24) is 4.90 Å². The highest BCUT2D eigenvalue weighted by Gasteiger charge is 2.25. The van der Waals surface area contributed by atoms with Crippen molar-refractivity contribution in [2.45, 2.75) is 19.3 Å². The average Bonchev–Trinajstić information content (AvgIpc) is 2.75. The van der Waals surface area contributed by atoms with Crippen LogP contribution in [0.15, 0.2) is 15.9 Å². The van der Waals surface area contributed by atoms with Gasteiger partial charge in [-0.3, -0.25) is 9.59 Å². The summed E-state index contributed by atoms with van der Waals surface area (Å²) in [5.74, 6) is -0.179. The summed E-state index contributed by atoms with van der Waals surface area (Å²) < 4.78 is 1.02. The maximum Gasteiger partial charge on any atom is 0.227 e. The van der Waals surface area contributed by atoms with Gasteiger partial charge in [0.25, 0.3) is 0 Å². The number of primary amides is 1. The molecule has 0 atom stereocenters. The molecule has 1 aliphatic heterocycles. The highest BCUT2D eigenvalue weighted by molar-refractivity contribution is 9.10. The average molecular weight is 331 g/mol. The molecular weight excluding hydrogens is 316 g/mol. The molecule has 2 amide bonds. The summed E-state index contributed by atoms with van der Waals surface area (Å²) in [5.41, 5.74) is 5.27. The Hall–Kier alpha value is -0.880. The lowest BCUT2D eigenvalue weighted by atomic mass is 9.96. The molecule has 18 heavy (non-hydrogen) atoms. The van der Waals surface area contributed by atoms with E-state index in [0.29, 0.717) is 32.4 Å². The van der Waals surface area contributed by atoms with Crippen LogP contribution in [0.1, 0.15) is 17.7 Å². The normalized spacial score (nSPS) is 16.8. The summed E-state index contributed by atoms with van der Waals surface area (Å²) in [6.07, 6.45) is 1.82. The highest BCUT2D eigenvalue weighted by Crippen LogP contribution is 2.22. The molecule has 1 saturated heterocycles. The molecule has 0 bridgehead atoms. The van der Waals surface area contributed by atoms with Crippen LogP contribution in [0, 0.1) is 5.92 Å². The Morgan fingerprint density at radius 1 is 1.44 bits per heavy atom. The number of thiophene rings is 1. The van der Waals surface area contributed by atoms with Crippen LogP contribution in [0.3, 0.4) is 0 Å². The Labute approximate surface area is 118 Å². The molecule has 4 nitrogen and oxygen atoms in total. The smallest absolute Gasteiger partial charge is 0.227 e. The van der Waals surface area contributed by atoms with Crippen molar-refractivity contribution in [2.75, 3.05) is 13.1 Å². The first-order valence-electron chi connectivity index (χ1n) is 5.86. The number of halogens is 1. The van der Waals surface area contributed by atoms with E-state index in [2.05, 4.69) is 15.9 Å². The predicted octanol–water partition coefficient (Wildman–Crippen LogP) is 1.78. The number of hydrogen-bond donors (Lipinski definition) is 1. The van der Waals surface area contributed by atoms with Crippen molar-refractivity contribution in [1.29, 1.82) is 0 Å². The summed E-state index contributed by atoms with van der Waals surface area (Å²) in [5, 5.41) is 1.97. The molecule has 1 aliphatic rings. The first-order valence-corrected chi connectivity index (χ1v) is 7.53. The molecule has 1 fully saturated rings. The van der Waals surface area contributed by atoms with Gasteiger partial charge in [-0.25, -0.2) is 0 Å². The van der Waals surface area contributed by atoms with Crippen LogP contribution < -0.4 is 5.73 Å². The number of likely N-dealkylation sites (tertiary alicyclic amines) is 1. The van der Waals surface area contributed by atoms with Crippen molar-refractivity contribution < 1.29 is 9.59 Å². The zero-order valence-electron chi connectivity index (χ0n) is 9.89. The van der Waals surface area contributed by atoms with Crippen molar-refractivity contribution in [3.8, 4) is 0 Å². The largest absolute Gasteiger partial charge is 0.369 e. The second-order valence-electron chi connectivity index (χ2n) is 4.47. The van der Waals surface area contributed by atoms with Crippen molar-refractivity contribution in [2.24, 2.45) is 11.7 Å². The molecule has 98 valence electrons. The van der Waals surface area contributed by atoms with Gasteiger partial charge < -0.3 is 10.6 Å². The molecule has 2 rings (SSSR count). The Kier molecular flexibility index (Phi) is 4.40. The molecular formula is C12H15BrN2O2S. The number of amides is 2. The van der Waals surface area contributed by atoms with E-state index in [1.807, 2.05) is 16.3 Å². The van der Waals surface area contributed by atoms with Gasteiger partial charge in [0, 0.05) is 33.7 Å². The van der Waals surface area contributed by atoms with Gasteiger partial charge in [0.05, 0.1) is 6.42 Å². The summed E-state index contributed by atoms with van der Waals surface area (Å²) in [6, 6.07) is 1.97. The zero-order chi connectivity index (χ0) is 13.1. The van der Waals surface area contributed by atoms with E-state index < -0.39 is 0 Å². The molecule has 0 spiro atoms. The van der Waals surface area contributed by atoms with E-state index in [1.165, 1.54) is 0 Å². The van der Waals surface area contributed by atoms with Crippen molar-refractivity contribution in [3.63, 3.8) is 0 Å². The number of piperidine rings is 1. The first-order chi connectivity index (χ1) is 8.56. The number of hydrogen-bond acceptors (Lipinski definition) is 3. The number of nitrogens with two attached hydrogens (primary N) is 1. The maximum atomic E-state index is 12.1.